The SMILES string of the molecule is COCC(=O)Cc1ccc([N+](=O)[O-])c2ncccc12. The van der Waals surface area contributed by atoms with Crippen molar-refractivity contribution < 1.29 is 14.5 Å². The van der Waals surface area contributed by atoms with E-state index in [1.165, 1.54) is 19.4 Å². The van der Waals surface area contributed by atoms with E-state index < -0.39 is 4.92 Å². The number of hydrogen-bond acceptors (Lipinski definition) is 5. The third-order valence-corrected chi connectivity index (χ3v) is 2.73. The van der Waals surface area contributed by atoms with Crippen LogP contribution in [-0.4, -0.2) is 29.4 Å². The zero-order valence-corrected chi connectivity index (χ0v) is 10.3. The van der Waals surface area contributed by atoms with Crippen molar-refractivity contribution in [1.29, 1.82) is 0 Å². The fourth-order valence-corrected chi connectivity index (χ4v) is 1.94. The molecule has 0 fully saturated rings. The number of rotatable bonds is 5. The minimum Gasteiger partial charge on any atom is -0.377 e. The van der Waals surface area contributed by atoms with Crippen LogP contribution in [0.1, 0.15) is 5.56 Å². The maximum absolute atomic E-state index is 11.6. The van der Waals surface area contributed by atoms with Gasteiger partial charge in [-0.3, -0.25) is 14.9 Å². The summed E-state index contributed by atoms with van der Waals surface area (Å²) >= 11 is 0. The van der Waals surface area contributed by atoms with Crippen molar-refractivity contribution >= 4 is 22.4 Å². The Bertz CT molecular complexity index is 640. The smallest absolute Gasteiger partial charge is 0.295 e. The fraction of sp³-hybridized carbons (Fsp3) is 0.231. The molecular weight excluding hydrogens is 248 g/mol. The number of ether oxygens (including phenoxy) is 1. The van der Waals surface area contributed by atoms with Gasteiger partial charge in [0.1, 0.15) is 12.1 Å². The van der Waals surface area contributed by atoms with Gasteiger partial charge in [0, 0.05) is 31.2 Å². The number of nitro groups is 1. The van der Waals surface area contributed by atoms with E-state index in [0.29, 0.717) is 10.9 Å². The van der Waals surface area contributed by atoms with Crippen molar-refractivity contribution in [2.24, 2.45) is 0 Å². The lowest BCUT2D eigenvalue weighted by molar-refractivity contribution is -0.383. The predicted octanol–water partition coefficient (Wildman–Crippen LogP) is 1.90. The Balaban J connectivity index is 2.49. The highest BCUT2D eigenvalue weighted by atomic mass is 16.6. The van der Waals surface area contributed by atoms with Crippen molar-refractivity contribution in [3.8, 4) is 0 Å². The van der Waals surface area contributed by atoms with Crippen LogP contribution in [0.15, 0.2) is 30.5 Å². The molecule has 0 aliphatic carbocycles. The molecule has 0 atom stereocenters. The van der Waals surface area contributed by atoms with Crippen LogP contribution < -0.4 is 0 Å². The van der Waals surface area contributed by atoms with Crippen molar-refractivity contribution in [3.63, 3.8) is 0 Å². The van der Waals surface area contributed by atoms with E-state index in [4.69, 9.17) is 4.74 Å². The summed E-state index contributed by atoms with van der Waals surface area (Å²) in [6.45, 7) is 0.0265. The monoisotopic (exact) mass is 260 g/mol. The first-order chi connectivity index (χ1) is 9.13. The second-order valence-corrected chi connectivity index (χ2v) is 4.05. The number of fused-ring (bicyclic) bond motifs is 1. The molecule has 6 nitrogen and oxygen atoms in total. The van der Waals surface area contributed by atoms with Crippen LogP contribution >= 0.6 is 0 Å². The molecule has 2 rings (SSSR count). The standard InChI is InChI=1S/C13H12N2O4/c1-19-8-10(16)7-9-4-5-12(15(17)18)13-11(9)3-2-6-14-13/h2-6H,7-8H2,1H3. The van der Waals surface area contributed by atoms with Crippen molar-refractivity contribution in [2.45, 2.75) is 6.42 Å². The Morgan fingerprint density at radius 3 is 2.89 bits per heavy atom. The number of methoxy groups -OCH3 is 1. The lowest BCUT2D eigenvalue weighted by atomic mass is 10.0. The lowest BCUT2D eigenvalue weighted by Crippen LogP contribution is -2.10. The van der Waals surface area contributed by atoms with Gasteiger partial charge in [-0.05, 0) is 11.6 Å². The average Bonchev–Trinajstić information content (AvgIpc) is 2.39. The molecule has 19 heavy (non-hydrogen) atoms. The molecule has 98 valence electrons. The molecule has 1 aromatic heterocycles. The summed E-state index contributed by atoms with van der Waals surface area (Å²) < 4.78 is 4.78. The summed E-state index contributed by atoms with van der Waals surface area (Å²) in [5.41, 5.74) is 0.963. The molecule has 0 spiro atoms. The largest absolute Gasteiger partial charge is 0.377 e. The van der Waals surface area contributed by atoms with Gasteiger partial charge < -0.3 is 4.74 Å². The van der Waals surface area contributed by atoms with Gasteiger partial charge in [-0.15, -0.1) is 0 Å². The Labute approximate surface area is 109 Å². The summed E-state index contributed by atoms with van der Waals surface area (Å²) in [5, 5.41) is 11.6. The minimum atomic E-state index is -0.476. The van der Waals surface area contributed by atoms with Gasteiger partial charge in [-0.2, -0.15) is 0 Å². The van der Waals surface area contributed by atoms with E-state index in [1.54, 1.807) is 18.2 Å². The summed E-state index contributed by atoms with van der Waals surface area (Å²) in [6, 6.07) is 6.39. The van der Waals surface area contributed by atoms with Gasteiger partial charge in [0.2, 0.25) is 0 Å². The van der Waals surface area contributed by atoms with Gasteiger partial charge in [0.25, 0.3) is 5.69 Å². The average molecular weight is 260 g/mol. The number of benzene rings is 1. The summed E-state index contributed by atoms with van der Waals surface area (Å²) in [5.74, 6) is -0.0819. The van der Waals surface area contributed by atoms with Crippen LogP contribution in [0, 0.1) is 10.1 Å². The second kappa shape index (κ2) is 5.53. The first-order valence-corrected chi connectivity index (χ1v) is 5.65. The quantitative estimate of drug-likeness (QED) is 0.605. The number of pyridine rings is 1. The van der Waals surface area contributed by atoms with Crippen LogP contribution in [0.2, 0.25) is 0 Å². The molecule has 0 saturated heterocycles. The van der Waals surface area contributed by atoms with Gasteiger partial charge in [-0.1, -0.05) is 12.1 Å². The van der Waals surface area contributed by atoms with Gasteiger partial charge in [0.05, 0.1) is 4.92 Å². The van der Waals surface area contributed by atoms with Crippen molar-refractivity contribution in [2.75, 3.05) is 13.7 Å². The van der Waals surface area contributed by atoms with Crippen LogP contribution in [0.3, 0.4) is 0 Å². The molecule has 0 bridgehead atoms. The third kappa shape index (κ3) is 2.74. The minimum absolute atomic E-state index is 0.0265. The lowest BCUT2D eigenvalue weighted by Gasteiger charge is -2.05. The number of hydrogen-bond donors (Lipinski definition) is 0. The Morgan fingerprint density at radius 1 is 1.42 bits per heavy atom. The molecule has 0 aliphatic rings. The zero-order valence-electron chi connectivity index (χ0n) is 10.3. The highest BCUT2D eigenvalue weighted by Crippen LogP contribution is 2.26. The van der Waals surface area contributed by atoms with Gasteiger partial charge in [-0.25, -0.2) is 4.98 Å². The first-order valence-electron chi connectivity index (χ1n) is 5.65. The maximum Gasteiger partial charge on any atom is 0.295 e. The van der Waals surface area contributed by atoms with E-state index in [1.807, 2.05) is 0 Å². The van der Waals surface area contributed by atoms with Crippen LogP contribution in [0.4, 0.5) is 5.69 Å². The molecule has 0 unspecified atom stereocenters. The molecule has 1 aromatic carbocycles. The molecule has 2 aromatic rings. The van der Waals surface area contributed by atoms with Gasteiger partial charge in [0.15, 0.2) is 5.78 Å². The normalized spacial score (nSPS) is 10.6. The summed E-state index contributed by atoms with van der Waals surface area (Å²) in [7, 11) is 1.45. The Hall–Kier alpha value is -2.34. The fourth-order valence-electron chi connectivity index (χ4n) is 1.94. The predicted molar refractivity (Wildman–Crippen MR) is 69.0 cm³/mol. The maximum atomic E-state index is 11.6. The molecule has 0 radical (unpaired) electrons. The number of non-ortho nitro benzene ring substituents is 1. The van der Waals surface area contributed by atoms with Gasteiger partial charge >= 0.3 is 0 Å². The number of ketones is 1. The third-order valence-electron chi connectivity index (χ3n) is 2.73. The molecule has 0 aliphatic heterocycles. The summed E-state index contributed by atoms with van der Waals surface area (Å²) in [4.78, 5) is 26.1. The van der Waals surface area contributed by atoms with Crippen molar-refractivity contribution in [1.82, 2.24) is 4.98 Å². The highest BCUT2D eigenvalue weighted by Gasteiger charge is 2.16. The topological polar surface area (TPSA) is 82.3 Å². The van der Waals surface area contributed by atoms with E-state index in [2.05, 4.69) is 4.98 Å². The zero-order chi connectivity index (χ0) is 13.8. The van der Waals surface area contributed by atoms with E-state index in [-0.39, 0.29) is 24.5 Å². The van der Waals surface area contributed by atoms with Crippen LogP contribution in [0.25, 0.3) is 10.9 Å². The molecular formula is C13H12N2O4. The summed E-state index contributed by atoms with van der Waals surface area (Å²) in [6.07, 6.45) is 1.67. The molecule has 0 N–H and O–H groups in total. The number of aromatic nitrogens is 1. The first kappa shape index (κ1) is 13.1. The molecule has 0 amide bonds. The van der Waals surface area contributed by atoms with E-state index in [9.17, 15) is 14.9 Å². The number of nitro benzene ring substituents is 1. The van der Waals surface area contributed by atoms with Crippen LogP contribution in [0.5, 0.6) is 0 Å². The second-order valence-electron chi connectivity index (χ2n) is 4.05. The molecule has 6 heteroatoms. The number of carbonyl (C=O) groups is 1. The van der Waals surface area contributed by atoms with E-state index >= 15 is 0 Å². The number of Topliss-reactive ketones (excluding diaryl/α,β-unsaturated/α-hetero) is 1. The molecule has 1 heterocycles. The highest BCUT2D eigenvalue weighted by molar-refractivity contribution is 5.93. The Morgan fingerprint density at radius 2 is 2.21 bits per heavy atom. The Kier molecular flexibility index (Phi) is 3.82. The van der Waals surface area contributed by atoms with Crippen LogP contribution in [-0.2, 0) is 16.0 Å². The number of carbonyl (C=O) groups excluding carboxylic acids is 1. The van der Waals surface area contributed by atoms with E-state index in [0.717, 1.165) is 5.56 Å². The number of nitrogens with zero attached hydrogens (tertiary/aromatic N) is 2. The molecule has 0 saturated carbocycles. The van der Waals surface area contributed by atoms with Crippen molar-refractivity contribution in [3.05, 3.63) is 46.1 Å².